The normalized spacial score (nSPS) is 10.3. The van der Waals surface area contributed by atoms with Gasteiger partial charge in [-0.25, -0.2) is 14.8 Å². The number of carbonyl (C=O) groups excluding carboxylic acids is 1. The van der Waals surface area contributed by atoms with Crippen LogP contribution in [-0.2, 0) is 11.3 Å². The average molecular weight is 289 g/mol. The maximum atomic E-state index is 11.9. The van der Waals surface area contributed by atoms with E-state index in [1.54, 1.807) is 25.5 Å². The number of ether oxygens (including phenoxy) is 1. The first-order valence-electron chi connectivity index (χ1n) is 6.83. The number of esters is 1. The number of carbonyl (C=O) groups is 1. The molecule has 2 rings (SSSR count). The smallest absolute Gasteiger partial charge is 0.341 e. The van der Waals surface area contributed by atoms with E-state index in [4.69, 9.17) is 10.5 Å². The molecule has 0 saturated carbocycles. The van der Waals surface area contributed by atoms with Gasteiger partial charge in [0, 0.05) is 25.5 Å². The quantitative estimate of drug-likeness (QED) is 0.593. The Balaban J connectivity index is 1.94. The maximum Gasteiger partial charge on any atom is 0.341 e. The molecule has 0 aliphatic rings. The van der Waals surface area contributed by atoms with Crippen molar-refractivity contribution in [1.29, 1.82) is 0 Å². The van der Waals surface area contributed by atoms with Crippen LogP contribution in [-0.4, -0.2) is 33.7 Å². The number of nitrogens with two attached hydrogens (primary N) is 1. The molecule has 7 heteroatoms. The van der Waals surface area contributed by atoms with Gasteiger partial charge in [-0.3, -0.25) is 0 Å². The number of imidazole rings is 1. The van der Waals surface area contributed by atoms with E-state index in [-0.39, 0.29) is 0 Å². The number of nitrogens with zero attached hydrogens (tertiary/aromatic N) is 3. The molecule has 0 radical (unpaired) electrons. The SMILES string of the molecule is CCOC(=O)c1cc(N)cnc1NCCCn1ccnc1. The van der Waals surface area contributed by atoms with Gasteiger partial charge in [-0.2, -0.15) is 0 Å². The lowest BCUT2D eigenvalue weighted by Gasteiger charge is -2.11. The van der Waals surface area contributed by atoms with E-state index in [1.807, 2.05) is 10.8 Å². The summed E-state index contributed by atoms with van der Waals surface area (Å²) in [4.78, 5) is 20.0. The van der Waals surface area contributed by atoms with E-state index >= 15 is 0 Å². The number of rotatable bonds is 7. The second kappa shape index (κ2) is 7.28. The highest BCUT2D eigenvalue weighted by atomic mass is 16.5. The summed E-state index contributed by atoms with van der Waals surface area (Å²) in [6, 6.07) is 1.57. The van der Waals surface area contributed by atoms with Crippen LogP contribution in [0.4, 0.5) is 11.5 Å². The molecule has 0 spiro atoms. The van der Waals surface area contributed by atoms with Crippen molar-refractivity contribution in [3.05, 3.63) is 36.5 Å². The van der Waals surface area contributed by atoms with Gasteiger partial charge in [0.25, 0.3) is 0 Å². The Morgan fingerprint density at radius 2 is 2.38 bits per heavy atom. The second-order valence-electron chi connectivity index (χ2n) is 4.47. The van der Waals surface area contributed by atoms with Crippen molar-refractivity contribution >= 4 is 17.5 Å². The van der Waals surface area contributed by atoms with Crippen LogP contribution >= 0.6 is 0 Å². The standard InChI is InChI=1S/C14H19N5O2/c1-2-21-14(20)12-8-11(15)9-18-13(12)17-4-3-6-19-7-5-16-10-19/h5,7-10H,2-4,6,15H2,1H3,(H,17,18). The van der Waals surface area contributed by atoms with Crippen molar-refractivity contribution < 1.29 is 9.53 Å². The molecule has 0 aliphatic carbocycles. The molecule has 2 aromatic rings. The predicted octanol–water partition coefficient (Wildman–Crippen LogP) is 1.54. The summed E-state index contributed by atoms with van der Waals surface area (Å²) < 4.78 is 6.99. The van der Waals surface area contributed by atoms with Gasteiger partial charge in [-0.1, -0.05) is 0 Å². The minimum absolute atomic E-state index is 0.313. The third kappa shape index (κ3) is 4.20. The Morgan fingerprint density at radius 1 is 1.52 bits per heavy atom. The first-order chi connectivity index (χ1) is 10.2. The van der Waals surface area contributed by atoms with Gasteiger partial charge in [0.15, 0.2) is 0 Å². The van der Waals surface area contributed by atoms with Gasteiger partial charge < -0.3 is 20.4 Å². The molecule has 0 bridgehead atoms. The fourth-order valence-corrected chi connectivity index (χ4v) is 1.87. The molecule has 0 aliphatic heterocycles. The number of pyridine rings is 1. The van der Waals surface area contributed by atoms with Crippen LogP contribution in [0.5, 0.6) is 0 Å². The first-order valence-corrected chi connectivity index (χ1v) is 6.83. The van der Waals surface area contributed by atoms with E-state index in [0.29, 0.717) is 30.2 Å². The maximum absolute atomic E-state index is 11.9. The molecule has 0 atom stereocenters. The second-order valence-corrected chi connectivity index (χ2v) is 4.47. The highest BCUT2D eigenvalue weighted by Gasteiger charge is 2.14. The third-order valence-electron chi connectivity index (χ3n) is 2.85. The zero-order chi connectivity index (χ0) is 15.1. The molecule has 0 amide bonds. The van der Waals surface area contributed by atoms with Crippen LogP contribution in [0.1, 0.15) is 23.7 Å². The fraction of sp³-hybridized carbons (Fsp3) is 0.357. The van der Waals surface area contributed by atoms with Gasteiger partial charge >= 0.3 is 5.97 Å². The zero-order valence-corrected chi connectivity index (χ0v) is 12.0. The van der Waals surface area contributed by atoms with Crippen LogP contribution in [0.3, 0.4) is 0 Å². The molecule has 3 N–H and O–H groups in total. The topological polar surface area (TPSA) is 95.1 Å². The first kappa shape index (κ1) is 14.8. The number of aryl methyl sites for hydroxylation is 1. The Labute approximate surface area is 123 Å². The molecule has 0 aromatic carbocycles. The summed E-state index contributed by atoms with van der Waals surface area (Å²) in [5.41, 5.74) is 6.47. The predicted molar refractivity (Wildman–Crippen MR) is 79.9 cm³/mol. The fourth-order valence-electron chi connectivity index (χ4n) is 1.87. The highest BCUT2D eigenvalue weighted by Crippen LogP contribution is 2.16. The number of nitrogens with one attached hydrogen (secondary N) is 1. The lowest BCUT2D eigenvalue weighted by molar-refractivity contribution is 0.0527. The summed E-state index contributed by atoms with van der Waals surface area (Å²) in [7, 11) is 0. The molecule has 7 nitrogen and oxygen atoms in total. The van der Waals surface area contributed by atoms with Gasteiger partial charge in [-0.05, 0) is 19.4 Å². The Morgan fingerprint density at radius 3 is 3.10 bits per heavy atom. The van der Waals surface area contributed by atoms with Crippen LogP contribution in [0.15, 0.2) is 31.0 Å². The van der Waals surface area contributed by atoms with E-state index in [2.05, 4.69) is 15.3 Å². The molecule has 21 heavy (non-hydrogen) atoms. The van der Waals surface area contributed by atoms with Crippen molar-refractivity contribution in [3.8, 4) is 0 Å². The zero-order valence-electron chi connectivity index (χ0n) is 12.0. The lowest BCUT2D eigenvalue weighted by atomic mass is 10.2. The number of hydrogen-bond acceptors (Lipinski definition) is 6. The minimum Gasteiger partial charge on any atom is -0.462 e. The Hall–Kier alpha value is -2.57. The van der Waals surface area contributed by atoms with Gasteiger partial charge in [-0.15, -0.1) is 0 Å². The monoisotopic (exact) mass is 289 g/mol. The third-order valence-corrected chi connectivity index (χ3v) is 2.85. The van der Waals surface area contributed by atoms with Crippen molar-refractivity contribution in [2.45, 2.75) is 19.9 Å². The van der Waals surface area contributed by atoms with Crippen LogP contribution in [0, 0.1) is 0 Å². The van der Waals surface area contributed by atoms with E-state index in [1.165, 1.54) is 6.20 Å². The Kier molecular flexibility index (Phi) is 5.14. The minimum atomic E-state index is -0.422. The summed E-state index contributed by atoms with van der Waals surface area (Å²) in [5, 5.41) is 3.14. The lowest BCUT2D eigenvalue weighted by Crippen LogP contribution is -2.13. The van der Waals surface area contributed by atoms with Crippen LogP contribution < -0.4 is 11.1 Å². The largest absolute Gasteiger partial charge is 0.462 e. The van der Waals surface area contributed by atoms with Gasteiger partial charge in [0.2, 0.25) is 0 Å². The van der Waals surface area contributed by atoms with E-state index < -0.39 is 5.97 Å². The Bertz CT molecular complexity index is 583. The van der Waals surface area contributed by atoms with E-state index in [9.17, 15) is 4.79 Å². The van der Waals surface area contributed by atoms with Crippen LogP contribution in [0.25, 0.3) is 0 Å². The molecule has 112 valence electrons. The molecule has 0 saturated heterocycles. The molecular formula is C14H19N5O2. The van der Waals surface area contributed by atoms with Crippen molar-refractivity contribution in [2.75, 3.05) is 24.2 Å². The summed E-state index contributed by atoms with van der Waals surface area (Å²) in [6.45, 7) is 3.60. The molecule has 0 fully saturated rings. The highest BCUT2D eigenvalue weighted by molar-refractivity contribution is 5.95. The number of anilines is 2. The number of hydrogen-bond donors (Lipinski definition) is 2. The average Bonchev–Trinajstić information content (AvgIpc) is 2.98. The summed E-state index contributed by atoms with van der Waals surface area (Å²) >= 11 is 0. The number of aromatic nitrogens is 3. The van der Waals surface area contributed by atoms with Gasteiger partial charge in [0.1, 0.15) is 11.4 Å². The molecule has 2 heterocycles. The van der Waals surface area contributed by atoms with Gasteiger partial charge in [0.05, 0.1) is 24.8 Å². The molecular weight excluding hydrogens is 270 g/mol. The molecule has 2 aromatic heterocycles. The van der Waals surface area contributed by atoms with Crippen molar-refractivity contribution in [3.63, 3.8) is 0 Å². The summed E-state index contributed by atoms with van der Waals surface area (Å²) in [6.07, 6.45) is 7.82. The summed E-state index contributed by atoms with van der Waals surface area (Å²) in [5.74, 6) is 0.0719. The van der Waals surface area contributed by atoms with Crippen LogP contribution in [0.2, 0.25) is 0 Å². The van der Waals surface area contributed by atoms with Crippen molar-refractivity contribution in [1.82, 2.24) is 14.5 Å². The molecule has 0 unspecified atom stereocenters. The van der Waals surface area contributed by atoms with E-state index in [0.717, 1.165) is 13.0 Å². The van der Waals surface area contributed by atoms with Crippen molar-refractivity contribution in [2.24, 2.45) is 0 Å². The number of nitrogen functional groups attached to an aromatic ring is 1.